The van der Waals surface area contributed by atoms with E-state index in [1.165, 1.54) is 48.6 Å². The molecule has 1 saturated heterocycles. The van der Waals surface area contributed by atoms with Crippen LogP contribution in [0.15, 0.2) is 28.7 Å². The summed E-state index contributed by atoms with van der Waals surface area (Å²) in [6.07, 6.45) is 9.38. The van der Waals surface area contributed by atoms with Gasteiger partial charge in [-0.15, -0.1) is 0 Å². The quantitative estimate of drug-likeness (QED) is 0.834. The van der Waals surface area contributed by atoms with Gasteiger partial charge in [0.25, 0.3) is 0 Å². The van der Waals surface area contributed by atoms with Gasteiger partial charge in [-0.25, -0.2) is 0 Å². The molecule has 1 spiro atoms. The maximum absolute atomic E-state index is 6.50. The molecule has 2 aliphatic rings. The van der Waals surface area contributed by atoms with Crippen molar-refractivity contribution in [3.05, 3.63) is 34.3 Å². The van der Waals surface area contributed by atoms with Crippen LogP contribution in [0.4, 0.5) is 0 Å². The fraction of sp³-hybridized carbons (Fsp3) is 0.667. The predicted molar refractivity (Wildman–Crippen MR) is 90.7 cm³/mol. The van der Waals surface area contributed by atoms with E-state index in [0.717, 1.165) is 13.0 Å². The van der Waals surface area contributed by atoms with E-state index in [4.69, 9.17) is 4.74 Å². The van der Waals surface area contributed by atoms with Crippen LogP contribution in [0.1, 0.15) is 56.4 Å². The molecule has 2 fully saturated rings. The van der Waals surface area contributed by atoms with Crippen molar-refractivity contribution < 1.29 is 4.74 Å². The van der Waals surface area contributed by atoms with Gasteiger partial charge in [0.05, 0.1) is 11.7 Å². The first kappa shape index (κ1) is 15.5. The van der Waals surface area contributed by atoms with Crippen LogP contribution in [0.25, 0.3) is 0 Å². The molecule has 0 amide bonds. The van der Waals surface area contributed by atoms with E-state index in [9.17, 15) is 0 Å². The fourth-order valence-corrected chi connectivity index (χ4v) is 4.75. The Hall–Kier alpha value is -0.380. The van der Waals surface area contributed by atoms with E-state index in [2.05, 4.69) is 45.5 Å². The van der Waals surface area contributed by atoms with Crippen LogP contribution in [0.5, 0.6) is 0 Å². The molecule has 2 atom stereocenters. The summed E-state index contributed by atoms with van der Waals surface area (Å²) in [4.78, 5) is 0. The van der Waals surface area contributed by atoms with Gasteiger partial charge in [0.15, 0.2) is 0 Å². The summed E-state index contributed by atoms with van der Waals surface area (Å²) >= 11 is 3.71. The van der Waals surface area contributed by atoms with Gasteiger partial charge < -0.3 is 10.1 Å². The summed E-state index contributed by atoms with van der Waals surface area (Å²) in [7, 11) is 2.04. The number of halogens is 1. The first-order valence-corrected chi connectivity index (χ1v) is 9.09. The van der Waals surface area contributed by atoms with E-state index < -0.39 is 0 Å². The van der Waals surface area contributed by atoms with Crippen LogP contribution in [0, 0.1) is 0 Å². The van der Waals surface area contributed by atoms with Crippen molar-refractivity contribution in [2.75, 3.05) is 13.6 Å². The van der Waals surface area contributed by atoms with Crippen molar-refractivity contribution >= 4 is 15.9 Å². The second-order valence-corrected chi connectivity index (χ2v) is 7.53. The van der Waals surface area contributed by atoms with E-state index >= 15 is 0 Å². The highest BCUT2D eigenvalue weighted by atomic mass is 79.9. The third-order valence-electron chi connectivity index (χ3n) is 5.20. The second kappa shape index (κ2) is 6.80. The zero-order chi connectivity index (χ0) is 14.7. The van der Waals surface area contributed by atoms with E-state index in [-0.39, 0.29) is 5.60 Å². The van der Waals surface area contributed by atoms with Gasteiger partial charge in [-0.2, -0.15) is 0 Å². The Morgan fingerprint density at radius 2 is 2.05 bits per heavy atom. The van der Waals surface area contributed by atoms with Crippen LogP contribution in [-0.4, -0.2) is 25.3 Å². The van der Waals surface area contributed by atoms with E-state index in [1.54, 1.807) is 0 Å². The standard InChI is InChI=1S/C18H26BrNO/c1-20-13-14(16-6-2-3-7-17(16)19)12-15-8-11-18(21-15)9-4-5-10-18/h2-3,6-7,14-15,20H,4-5,8-13H2,1H3. The largest absolute Gasteiger partial charge is 0.372 e. The second-order valence-electron chi connectivity index (χ2n) is 6.68. The van der Waals surface area contributed by atoms with Gasteiger partial charge >= 0.3 is 0 Å². The Bertz CT molecular complexity index is 470. The van der Waals surface area contributed by atoms with Gasteiger partial charge in [0.1, 0.15) is 0 Å². The molecule has 0 bridgehead atoms. The summed E-state index contributed by atoms with van der Waals surface area (Å²) in [5.74, 6) is 0.520. The third-order valence-corrected chi connectivity index (χ3v) is 5.92. The molecule has 0 radical (unpaired) electrons. The molecule has 2 nitrogen and oxygen atoms in total. The summed E-state index contributed by atoms with van der Waals surface area (Å²) in [5.41, 5.74) is 1.66. The normalized spacial score (nSPS) is 25.5. The van der Waals surface area contributed by atoms with Crippen LogP contribution in [-0.2, 0) is 4.74 Å². The monoisotopic (exact) mass is 351 g/mol. The molecule has 116 valence electrons. The Kier molecular flexibility index (Phi) is 5.03. The van der Waals surface area contributed by atoms with Gasteiger partial charge in [-0.05, 0) is 56.7 Å². The lowest BCUT2D eigenvalue weighted by Gasteiger charge is -2.26. The first-order chi connectivity index (χ1) is 10.2. The van der Waals surface area contributed by atoms with Crippen LogP contribution in [0.3, 0.4) is 0 Å². The number of likely N-dealkylation sites (N-methyl/N-ethyl adjacent to an activating group) is 1. The SMILES string of the molecule is CNCC(CC1CCC2(CCCC2)O1)c1ccccc1Br. The molecule has 1 aromatic carbocycles. The summed E-state index contributed by atoms with van der Waals surface area (Å²) in [5, 5.41) is 3.35. The maximum Gasteiger partial charge on any atom is 0.0687 e. The summed E-state index contributed by atoms with van der Waals surface area (Å²) in [6.45, 7) is 1.01. The lowest BCUT2D eigenvalue weighted by molar-refractivity contribution is -0.0410. The Labute approximate surface area is 136 Å². The number of benzene rings is 1. The topological polar surface area (TPSA) is 21.3 Å². The molecular weight excluding hydrogens is 326 g/mol. The van der Waals surface area contributed by atoms with E-state index in [1.807, 2.05) is 7.05 Å². The van der Waals surface area contributed by atoms with Crippen molar-refractivity contribution in [3.63, 3.8) is 0 Å². The van der Waals surface area contributed by atoms with E-state index in [0.29, 0.717) is 12.0 Å². The van der Waals surface area contributed by atoms with Crippen molar-refractivity contribution in [2.24, 2.45) is 0 Å². The Morgan fingerprint density at radius 1 is 1.29 bits per heavy atom. The molecule has 1 N–H and O–H groups in total. The van der Waals surface area contributed by atoms with Crippen molar-refractivity contribution in [1.29, 1.82) is 0 Å². The molecule has 1 heterocycles. The van der Waals surface area contributed by atoms with Gasteiger partial charge in [0.2, 0.25) is 0 Å². The molecule has 21 heavy (non-hydrogen) atoms. The maximum atomic E-state index is 6.50. The molecule has 1 saturated carbocycles. The average molecular weight is 352 g/mol. The van der Waals surface area contributed by atoms with Crippen LogP contribution in [0.2, 0.25) is 0 Å². The van der Waals surface area contributed by atoms with Crippen molar-refractivity contribution in [1.82, 2.24) is 5.32 Å². The number of hydrogen-bond acceptors (Lipinski definition) is 2. The number of rotatable bonds is 5. The highest BCUT2D eigenvalue weighted by Crippen LogP contribution is 2.45. The van der Waals surface area contributed by atoms with Crippen LogP contribution < -0.4 is 5.32 Å². The average Bonchev–Trinajstić information content (AvgIpc) is 3.10. The lowest BCUT2D eigenvalue weighted by Crippen LogP contribution is -2.27. The minimum absolute atomic E-state index is 0.253. The van der Waals surface area contributed by atoms with Gasteiger partial charge in [0, 0.05) is 11.0 Å². The van der Waals surface area contributed by atoms with Gasteiger partial charge in [-0.1, -0.05) is 47.0 Å². The number of ether oxygens (including phenoxy) is 1. The Morgan fingerprint density at radius 3 is 2.76 bits per heavy atom. The van der Waals surface area contributed by atoms with Gasteiger partial charge in [-0.3, -0.25) is 0 Å². The summed E-state index contributed by atoms with van der Waals surface area (Å²) in [6, 6.07) is 8.61. The molecule has 3 heteroatoms. The smallest absolute Gasteiger partial charge is 0.0687 e. The zero-order valence-electron chi connectivity index (χ0n) is 12.9. The number of nitrogens with one attached hydrogen (secondary N) is 1. The van der Waals surface area contributed by atoms with Crippen LogP contribution >= 0.6 is 15.9 Å². The molecule has 0 aromatic heterocycles. The highest BCUT2D eigenvalue weighted by Gasteiger charge is 2.42. The molecule has 1 aliphatic heterocycles. The van der Waals surface area contributed by atoms with Crippen molar-refractivity contribution in [2.45, 2.75) is 62.6 Å². The fourth-order valence-electron chi connectivity index (χ4n) is 4.14. The molecule has 1 aliphatic carbocycles. The molecule has 2 unspecified atom stereocenters. The number of hydrogen-bond donors (Lipinski definition) is 1. The molecular formula is C18H26BrNO. The lowest BCUT2D eigenvalue weighted by atomic mass is 9.91. The minimum Gasteiger partial charge on any atom is -0.372 e. The zero-order valence-corrected chi connectivity index (χ0v) is 14.5. The highest BCUT2D eigenvalue weighted by molar-refractivity contribution is 9.10. The van der Waals surface area contributed by atoms with Crippen molar-refractivity contribution in [3.8, 4) is 0 Å². The predicted octanol–water partition coefficient (Wildman–Crippen LogP) is 4.63. The Balaban J connectivity index is 1.67. The third kappa shape index (κ3) is 3.52. The minimum atomic E-state index is 0.253. The summed E-state index contributed by atoms with van der Waals surface area (Å²) < 4.78 is 7.73. The molecule has 1 aromatic rings. The molecule has 3 rings (SSSR count). The first-order valence-electron chi connectivity index (χ1n) is 8.29.